The van der Waals surface area contributed by atoms with E-state index in [9.17, 15) is 15.0 Å². The summed E-state index contributed by atoms with van der Waals surface area (Å²) in [4.78, 5) is 11.0. The van der Waals surface area contributed by atoms with E-state index in [1.807, 2.05) is 0 Å². The minimum atomic E-state index is -1.57. The molecule has 1 aliphatic rings. The number of hydrogen-bond donors (Lipinski definition) is 5. The van der Waals surface area contributed by atoms with Crippen molar-refractivity contribution in [3.8, 4) is 5.75 Å². The number of hydrogen-bond acceptors (Lipinski definition) is 7. The van der Waals surface area contributed by atoms with Crippen LogP contribution in [0.25, 0.3) is 0 Å². The highest BCUT2D eigenvalue weighted by molar-refractivity contribution is 5.73. The molecular weight excluding hydrogens is 282 g/mol. The molecule has 2 unspecified atom stereocenters. The SMILES string of the molecule is Nc1cc(CO)ccc1O[C@@H]1CC(O)[C@H](O)C(C(=O)O)O1. The topological polar surface area (TPSA) is 142 Å². The number of aliphatic carboxylic acids is 1. The van der Waals surface area contributed by atoms with Crippen molar-refractivity contribution in [1.82, 2.24) is 0 Å². The van der Waals surface area contributed by atoms with Crippen molar-refractivity contribution < 1.29 is 34.7 Å². The first-order valence-corrected chi connectivity index (χ1v) is 6.32. The van der Waals surface area contributed by atoms with Crippen LogP contribution in [-0.4, -0.2) is 51.0 Å². The first-order chi connectivity index (χ1) is 9.92. The van der Waals surface area contributed by atoms with Gasteiger partial charge in [-0.1, -0.05) is 6.07 Å². The van der Waals surface area contributed by atoms with Gasteiger partial charge in [-0.15, -0.1) is 0 Å². The van der Waals surface area contributed by atoms with Crippen molar-refractivity contribution in [2.24, 2.45) is 0 Å². The molecule has 21 heavy (non-hydrogen) atoms. The molecule has 0 amide bonds. The smallest absolute Gasteiger partial charge is 0.335 e. The molecule has 0 bridgehead atoms. The molecule has 2 rings (SSSR count). The van der Waals surface area contributed by atoms with Gasteiger partial charge in [-0.25, -0.2) is 4.79 Å². The van der Waals surface area contributed by atoms with Crippen molar-refractivity contribution in [3.63, 3.8) is 0 Å². The fourth-order valence-electron chi connectivity index (χ4n) is 2.06. The lowest BCUT2D eigenvalue weighted by molar-refractivity contribution is -0.228. The van der Waals surface area contributed by atoms with Gasteiger partial charge in [-0.05, 0) is 17.7 Å². The third kappa shape index (κ3) is 3.42. The number of nitrogens with two attached hydrogens (primary N) is 1. The Labute approximate surface area is 120 Å². The average molecular weight is 299 g/mol. The summed E-state index contributed by atoms with van der Waals surface area (Å²) in [6.07, 6.45) is -5.51. The minimum Gasteiger partial charge on any atom is -0.479 e. The predicted molar refractivity (Wildman–Crippen MR) is 70.3 cm³/mol. The third-order valence-electron chi connectivity index (χ3n) is 3.20. The molecule has 0 aromatic heterocycles. The van der Waals surface area contributed by atoms with Crippen molar-refractivity contribution in [3.05, 3.63) is 23.8 Å². The fourth-order valence-corrected chi connectivity index (χ4v) is 2.06. The largest absolute Gasteiger partial charge is 0.479 e. The first-order valence-electron chi connectivity index (χ1n) is 6.32. The Morgan fingerprint density at radius 2 is 2.14 bits per heavy atom. The molecule has 1 aromatic carbocycles. The van der Waals surface area contributed by atoms with Gasteiger partial charge in [0.2, 0.25) is 6.29 Å². The maximum Gasteiger partial charge on any atom is 0.335 e. The van der Waals surface area contributed by atoms with Crippen LogP contribution in [-0.2, 0) is 16.1 Å². The van der Waals surface area contributed by atoms with Crippen LogP contribution in [0.15, 0.2) is 18.2 Å². The Morgan fingerprint density at radius 3 is 2.71 bits per heavy atom. The van der Waals surface area contributed by atoms with E-state index >= 15 is 0 Å². The van der Waals surface area contributed by atoms with E-state index in [0.717, 1.165) is 0 Å². The van der Waals surface area contributed by atoms with Crippen LogP contribution in [0.3, 0.4) is 0 Å². The molecule has 4 atom stereocenters. The average Bonchev–Trinajstić information content (AvgIpc) is 2.44. The summed E-state index contributed by atoms with van der Waals surface area (Å²) in [5.41, 5.74) is 6.60. The highest BCUT2D eigenvalue weighted by Gasteiger charge is 2.42. The number of anilines is 1. The van der Waals surface area contributed by atoms with Gasteiger partial charge >= 0.3 is 5.97 Å². The second-order valence-corrected chi connectivity index (χ2v) is 4.77. The maximum absolute atomic E-state index is 11.0. The van der Waals surface area contributed by atoms with Gasteiger partial charge in [0.05, 0.1) is 18.4 Å². The molecule has 1 fully saturated rings. The van der Waals surface area contributed by atoms with E-state index in [2.05, 4.69) is 0 Å². The molecule has 0 spiro atoms. The highest BCUT2D eigenvalue weighted by atomic mass is 16.7. The van der Waals surface area contributed by atoms with Gasteiger partial charge in [-0.2, -0.15) is 0 Å². The Kier molecular flexibility index (Phi) is 4.63. The van der Waals surface area contributed by atoms with Crippen molar-refractivity contribution in [2.45, 2.75) is 37.6 Å². The summed E-state index contributed by atoms with van der Waals surface area (Å²) in [6.45, 7) is -0.170. The monoisotopic (exact) mass is 299 g/mol. The lowest BCUT2D eigenvalue weighted by Crippen LogP contribution is -2.53. The molecule has 6 N–H and O–H groups in total. The van der Waals surface area contributed by atoms with Crippen molar-refractivity contribution in [2.75, 3.05) is 5.73 Å². The number of rotatable bonds is 4. The van der Waals surface area contributed by atoms with E-state index < -0.39 is 30.6 Å². The summed E-state index contributed by atoms with van der Waals surface area (Å²) in [5.74, 6) is -1.15. The van der Waals surface area contributed by atoms with E-state index in [-0.39, 0.29) is 24.5 Å². The Hall–Kier alpha value is -1.87. The molecular formula is C13H17NO7. The summed E-state index contributed by atoms with van der Waals surface area (Å²) < 4.78 is 10.5. The lowest BCUT2D eigenvalue weighted by atomic mass is 10.0. The molecule has 0 aliphatic carbocycles. The number of ether oxygens (including phenoxy) is 2. The number of carboxylic acid groups (broad SMARTS) is 1. The zero-order valence-electron chi connectivity index (χ0n) is 11.0. The Morgan fingerprint density at radius 1 is 1.43 bits per heavy atom. The molecule has 1 heterocycles. The maximum atomic E-state index is 11.0. The normalized spacial score (nSPS) is 29.1. The summed E-state index contributed by atoms with van der Waals surface area (Å²) in [6, 6.07) is 4.62. The summed E-state index contributed by atoms with van der Waals surface area (Å²) >= 11 is 0. The number of aliphatic hydroxyl groups is 3. The molecule has 1 saturated heterocycles. The van der Waals surface area contributed by atoms with Crippen LogP contribution in [0.4, 0.5) is 5.69 Å². The number of carbonyl (C=O) groups is 1. The molecule has 0 radical (unpaired) electrons. The van der Waals surface area contributed by atoms with Crippen LogP contribution < -0.4 is 10.5 Å². The quantitative estimate of drug-likeness (QED) is 0.448. The lowest BCUT2D eigenvalue weighted by Gasteiger charge is -2.34. The standard InChI is InChI=1S/C13H17NO7/c14-7-3-6(5-15)1-2-9(7)20-10-4-8(16)11(17)12(21-10)13(18)19/h1-3,8,10-12,15-17H,4-5,14H2,(H,18,19)/t8?,10-,11-,12?/m0/s1. The van der Waals surface area contributed by atoms with E-state index in [4.69, 9.17) is 25.4 Å². The third-order valence-corrected chi connectivity index (χ3v) is 3.20. The summed E-state index contributed by atoms with van der Waals surface area (Å²) in [7, 11) is 0. The number of carboxylic acids is 1. The summed E-state index contributed by atoms with van der Waals surface area (Å²) in [5, 5.41) is 37.1. The molecule has 1 aliphatic heterocycles. The zero-order valence-corrected chi connectivity index (χ0v) is 11.0. The van der Waals surface area contributed by atoms with Gasteiger partial charge in [0.15, 0.2) is 6.10 Å². The van der Waals surface area contributed by atoms with Gasteiger partial charge in [-0.3, -0.25) is 0 Å². The van der Waals surface area contributed by atoms with Crippen molar-refractivity contribution >= 4 is 11.7 Å². The number of nitrogen functional groups attached to an aromatic ring is 1. The molecule has 8 heteroatoms. The first kappa shape index (κ1) is 15.5. The molecule has 8 nitrogen and oxygen atoms in total. The Bertz CT molecular complexity index is 521. The van der Waals surface area contributed by atoms with Gasteiger partial charge in [0, 0.05) is 6.42 Å². The second-order valence-electron chi connectivity index (χ2n) is 4.77. The van der Waals surface area contributed by atoms with E-state index in [1.165, 1.54) is 12.1 Å². The van der Waals surface area contributed by atoms with Gasteiger partial charge < -0.3 is 35.6 Å². The van der Waals surface area contributed by atoms with Crippen LogP contribution in [0.2, 0.25) is 0 Å². The fraction of sp³-hybridized carbons (Fsp3) is 0.462. The second kappa shape index (κ2) is 6.27. The van der Waals surface area contributed by atoms with Gasteiger partial charge in [0.1, 0.15) is 11.9 Å². The molecule has 0 saturated carbocycles. The number of aliphatic hydroxyl groups excluding tert-OH is 3. The van der Waals surface area contributed by atoms with E-state index in [1.54, 1.807) is 6.07 Å². The number of benzene rings is 1. The zero-order chi connectivity index (χ0) is 15.6. The van der Waals surface area contributed by atoms with Crippen LogP contribution in [0, 0.1) is 0 Å². The van der Waals surface area contributed by atoms with Crippen LogP contribution in [0.5, 0.6) is 5.75 Å². The highest BCUT2D eigenvalue weighted by Crippen LogP contribution is 2.28. The van der Waals surface area contributed by atoms with E-state index in [0.29, 0.717) is 5.56 Å². The Balaban J connectivity index is 2.10. The van der Waals surface area contributed by atoms with Crippen LogP contribution >= 0.6 is 0 Å². The minimum absolute atomic E-state index is 0.0911. The molecule has 116 valence electrons. The predicted octanol–water partition coefficient (Wildman–Crippen LogP) is -0.939. The molecule has 1 aromatic rings. The van der Waals surface area contributed by atoms with Gasteiger partial charge in [0.25, 0.3) is 0 Å². The van der Waals surface area contributed by atoms with Crippen LogP contribution in [0.1, 0.15) is 12.0 Å². The van der Waals surface area contributed by atoms with Crippen molar-refractivity contribution in [1.29, 1.82) is 0 Å².